The van der Waals surface area contributed by atoms with Crippen LogP contribution in [-0.4, -0.2) is 42.0 Å². The maximum absolute atomic E-state index is 12.6. The number of nitrogens with one attached hydrogen (secondary N) is 3. The lowest BCUT2D eigenvalue weighted by molar-refractivity contribution is -0.125. The van der Waals surface area contributed by atoms with Crippen molar-refractivity contribution in [2.45, 2.75) is 13.5 Å². The van der Waals surface area contributed by atoms with E-state index in [1.54, 1.807) is 49.4 Å². The molecule has 1 fully saturated rings. The van der Waals surface area contributed by atoms with Crippen molar-refractivity contribution < 1.29 is 23.9 Å². The number of carbonyl (C=O) groups excluding carboxylic acids is 4. The van der Waals surface area contributed by atoms with Crippen LogP contribution in [0.3, 0.4) is 0 Å². The van der Waals surface area contributed by atoms with Crippen molar-refractivity contribution in [1.82, 2.24) is 10.2 Å². The Morgan fingerprint density at radius 2 is 1.79 bits per heavy atom. The van der Waals surface area contributed by atoms with Crippen LogP contribution in [-0.2, 0) is 16.1 Å². The molecule has 3 N–H and O–H groups in total. The highest BCUT2D eigenvalue weighted by atomic mass is 16.5. The van der Waals surface area contributed by atoms with Gasteiger partial charge in [-0.15, -0.1) is 0 Å². The molecule has 5 amide bonds. The number of hydrogen-bond acceptors (Lipinski definition) is 5. The Kier molecular flexibility index (Phi) is 6.08. The van der Waals surface area contributed by atoms with Gasteiger partial charge >= 0.3 is 12.1 Å². The van der Waals surface area contributed by atoms with E-state index in [4.69, 9.17) is 4.74 Å². The number of benzene rings is 2. The molecule has 0 aromatic heterocycles. The number of ether oxygens (including phenoxy) is 1. The summed E-state index contributed by atoms with van der Waals surface area (Å²) in [6.07, 6.45) is -0.599. The quantitative estimate of drug-likeness (QED) is 0.649. The molecule has 2 aromatic carbocycles. The van der Waals surface area contributed by atoms with Gasteiger partial charge < -0.3 is 15.4 Å². The van der Waals surface area contributed by atoms with Crippen LogP contribution in [0, 0.1) is 0 Å². The minimum Gasteiger partial charge on any atom is -0.450 e. The fourth-order valence-electron chi connectivity index (χ4n) is 2.77. The van der Waals surface area contributed by atoms with E-state index in [-0.39, 0.29) is 31.5 Å². The third kappa shape index (κ3) is 5.10. The largest absolute Gasteiger partial charge is 0.450 e. The third-order valence-electron chi connectivity index (χ3n) is 4.11. The molecule has 0 radical (unpaired) electrons. The number of amides is 5. The molecule has 29 heavy (non-hydrogen) atoms. The van der Waals surface area contributed by atoms with Gasteiger partial charge in [0.15, 0.2) is 0 Å². The zero-order chi connectivity index (χ0) is 20.8. The minimum atomic E-state index is -0.599. The molecule has 0 bridgehead atoms. The fourth-order valence-corrected chi connectivity index (χ4v) is 2.77. The Morgan fingerprint density at radius 1 is 1.07 bits per heavy atom. The number of hydrogen-bond donors (Lipinski definition) is 3. The number of imide groups is 1. The van der Waals surface area contributed by atoms with E-state index >= 15 is 0 Å². The summed E-state index contributed by atoms with van der Waals surface area (Å²) in [7, 11) is 0. The Labute approximate surface area is 167 Å². The van der Waals surface area contributed by atoms with Gasteiger partial charge in [0, 0.05) is 16.9 Å². The molecule has 3 rings (SSSR count). The maximum atomic E-state index is 12.6. The summed E-state index contributed by atoms with van der Waals surface area (Å²) in [5.41, 5.74) is 2.00. The highest BCUT2D eigenvalue weighted by molar-refractivity contribution is 6.05. The fraction of sp³-hybridized carbons (Fsp3) is 0.200. The molecule has 1 saturated heterocycles. The second kappa shape index (κ2) is 8.87. The van der Waals surface area contributed by atoms with E-state index in [1.165, 1.54) is 6.07 Å². The Balaban J connectivity index is 1.67. The van der Waals surface area contributed by atoms with E-state index in [1.807, 2.05) is 0 Å². The molecule has 9 nitrogen and oxygen atoms in total. The van der Waals surface area contributed by atoms with Crippen LogP contribution < -0.4 is 16.0 Å². The van der Waals surface area contributed by atoms with Crippen LogP contribution in [0.5, 0.6) is 0 Å². The number of urea groups is 1. The van der Waals surface area contributed by atoms with Gasteiger partial charge in [0.1, 0.15) is 0 Å². The van der Waals surface area contributed by atoms with E-state index in [9.17, 15) is 19.2 Å². The predicted octanol–water partition coefficient (Wildman–Crippen LogP) is 2.56. The molecule has 0 unspecified atom stereocenters. The van der Waals surface area contributed by atoms with Gasteiger partial charge in [0.25, 0.3) is 5.91 Å². The van der Waals surface area contributed by atoms with E-state index < -0.39 is 12.1 Å². The molecule has 1 aliphatic heterocycles. The number of rotatable bonds is 6. The Bertz CT molecular complexity index is 943. The predicted molar refractivity (Wildman–Crippen MR) is 105 cm³/mol. The second-order valence-corrected chi connectivity index (χ2v) is 6.22. The first kappa shape index (κ1) is 19.9. The lowest BCUT2D eigenvalue weighted by Crippen LogP contribution is -2.30. The second-order valence-electron chi connectivity index (χ2n) is 6.22. The highest BCUT2D eigenvalue weighted by Crippen LogP contribution is 2.17. The molecule has 150 valence electrons. The van der Waals surface area contributed by atoms with Gasteiger partial charge in [-0.1, -0.05) is 18.2 Å². The van der Waals surface area contributed by atoms with Crippen molar-refractivity contribution >= 4 is 35.3 Å². The standard InChI is InChI=1S/C20H20N4O5/c1-2-29-20(28)23-16-8-4-6-14(10-16)18(26)22-15-7-3-5-13(9-15)12-24-17(25)11-21-19(24)27/h3-10H,2,11-12H2,1H3,(H,21,27)(H,22,26)(H,23,28). The van der Waals surface area contributed by atoms with Crippen molar-refractivity contribution in [3.63, 3.8) is 0 Å². The van der Waals surface area contributed by atoms with Gasteiger partial charge in [0.2, 0.25) is 5.91 Å². The zero-order valence-corrected chi connectivity index (χ0v) is 15.7. The first-order valence-corrected chi connectivity index (χ1v) is 8.98. The van der Waals surface area contributed by atoms with Gasteiger partial charge in [-0.25, -0.2) is 9.59 Å². The first-order valence-electron chi connectivity index (χ1n) is 8.98. The number of anilines is 2. The van der Waals surface area contributed by atoms with Crippen LogP contribution in [0.1, 0.15) is 22.8 Å². The normalized spacial score (nSPS) is 13.1. The van der Waals surface area contributed by atoms with Crippen LogP contribution in [0.4, 0.5) is 21.0 Å². The minimum absolute atomic E-state index is 0.00850. The summed E-state index contributed by atoms with van der Waals surface area (Å²) in [6, 6.07) is 12.9. The SMILES string of the molecule is CCOC(=O)Nc1cccc(C(=O)Nc2cccc(CN3C(=O)CNC3=O)c2)c1. The highest BCUT2D eigenvalue weighted by Gasteiger charge is 2.28. The van der Waals surface area contributed by atoms with Crippen LogP contribution in [0.2, 0.25) is 0 Å². The summed E-state index contributed by atoms with van der Waals surface area (Å²) >= 11 is 0. The monoisotopic (exact) mass is 396 g/mol. The van der Waals surface area contributed by atoms with E-state index in [2.05, 4.69) is 16.0 Å². The lowest BCUT2D eigenvalue weighted by Gasteiger charge is -2.13. The van der Waals surface area contributed by atoms with Crippen LogP contribution in [0.15, 0.2) is 48.5 Å². The van der Waals surface area contributed by atoms with Gasteiger partial charge in [-0.2, -0.15) is 0 Å². The summed E-state index contributed by atoms with van der Waals surface area (Å²) in [5, 5.41) is 7.77. The molecule has 2 aromatic rings. The molecule has 0 spiro atoms. The molecule has 0 saturated carbocycles. The van der Waals surface area contributed by atoms with E-state index in [0.29, 0.717) is 22.5 Å². The number of carbonyl (C=O) groups is 4. The maximum Gasteiger partial charge on any atom is 0.411 e. The average molecular weight is 396 g/mol. The van der Waals surface area contributed by atoms with E-state index in [0.717, 1.165) is 4.90 Å². The summed E-state index contributed by atoms with van der Waals surface area (Å²) in [6.45, 7) is 2.05. The van der Waals surface area contributed by atoms with Crippen molar-refractivity contribution in [1.29, 1.82) is 0 Å². The molecular weight excluding hydrogens is 376 g/mol. The van der Waals surface area contributed by atoms with Crippen molar-refractivity contribution in [3.05, 3.63) is 59.7 Å². The van der Waals surface area contributed by atoms with Gasteiger partial charge in [-0.05, 0) is 42.8 Å². The summed E-state index contributed by atoms with van der Waals surface area (Å²) in [5.74, 6) is -0.667. The molecule has 9 heteroatoms. The molecular formula is C20H20N4O5. The summed E-state index contributed by atoms with van der Waals surface area (Å²) < 4.78 is 4.82. The molecule has 0 aliphatic carbocycles. The molecule has 1 aliphatic rings. The van der Waals surface area contributed by atoms with Gasteiger partial charge in [-0.3, -0.25) is 19.8 Å². The van der Waals surface area contributed by atoms with Crippen molar-refractivity contribution in [3.8, 4) is 0 Å². The smallest absolute Gasteiger partial charge is 0.411 e. The average Bonchev–Trinajstić information content (AvgIpc) is 3.01. The van der Waals surface area contributed by atoms with Crippen LogP contribution >= 0.6 is 0 Å². The van der Waals surface area contributed by atoms with Gasteiger partial charge in [0.05, 0.1) is 19.7 Å². The third-order valence-corrected chi connectivity index (χ3v) is 4.11. The lowest BCUT2D eigenvalue weighted by atomic mass is 10.1. The summed E-state index contributed by atoms with van der Waals surface area (Å²) in [4.78, 5) is 48.6. The molecule has 1 heterocycles. The molecule has 0 atom stereocenters. The van der Waals surface area contributed by atoms with Crippen LogP contribution in [0.25, 0.3) is 0 Å². The Morgan fingerprint density at radius 3 is 2.48 bits per heavy atom. The number of nitrogens with zero attached hydrogens (tertiary/aromatic N) is 1. The first-order chi connectivity index (χ1) is 14.0. The van der Waals surface area contributed by atoms with Crippen molar-refractivity contribution in [2.75, 3.05) is 23.8 Å². The van der Waals surface area contributed by atoms with Crippen molar-refractivity contribution in [2.24, 2.45) is 0 Å². The zero-order valence-electron chi connectivity index (χ0n) is 15.7. The Hall–Kier alpha value is -3.88. The topological polar surface area (TPSA) is 117 Å².